The van der Waals surface area contributed by atoms with Crippen LogP contribution in [-0.4, -0.2) is 18.3 Å². The van der Waals surface area contributed by atoms with Gasteiger partial charge in [0.2, 0.25) is 0 Å². The van der Waals surface area contributed by atoms with Gasteiger partial charge in [-0.2, -0.15) is 0 Å². The van der Waals surface area contributed by atoms with Gasteiger partial charge < -0.3 is 14.6 Å². The number of rotatable bonds is 7. The van der Waals surface area contributed by atoms with Crippen LogP contribution in [0.2, 0.25) is 0 Å². The van der Waals surface area contributed by atoms with Gasteiger partial charge in [-0.15, -0.1) is 0 Å². The monoisotopic (exact) mass is 286 g/mol. The van der Waals surface area contributed by atoms with Crippen LogP contribution in [0.1, 0.15) is 31.1 Å². The molecule has 1 atom stereocenters. The van der Waals surface area contributed by atoms with Crippen molar-refractivity contribution < 1.29 is 14.6 Å². The number of aliphatic hydroxyl groups is 1. The first kappa shape index (κ1) is 15.4. The SMILES string of the molecule is CCOc1ccc(OCC(O)c2ccc(CC)cc2)cc1. The van der Waals surface area contributed by atoms with E-state index < -0.39 is 6.10 Å². The maximum Gasteiger partial charge on any atom is 0.119 e. The van der Waals surface area contributed by atoms with Gasteiger partial charge in [-0.25, -0.2) is 0 Å². The highest BCUT2D eigenvalue weighted by Gasteiger charge is 2.08. The molecule has 3 nitrogen and oxygen atoms in total. The Kier molecular flexibility index (Phi) is 5.64. The first-order chi connectivity index (χ1) is 10.2. The van der Waals surface area contributed by atoms with Gasteiger partial charge in [0.25, 0.3) is 0 Å². The van der Waals surface area contributed by atoms with E-state index >= 15 is 0 Å². The molecule has 0 heterocycles. The van der Waals surface area contributed by atoms with E-state index in [4.69, 9.17) is 9.47 Å². The molecular formula is C18H22O3. The molecule has 0 amide bonds. The molecule has 1 unspecified atom stereocenters. The van der Waals surface area contributed by atoms with Gasteiger partial charge >= 0.3 is 0 Å². The Morgan fingerprint density at radius 3 is 1.95 bits per heavy atom. The molecule has 0 aliphatic rings. The number of hydrogen-bond donors (Lipinski definition) is 1. The van der Waals surface area contributed by atoms with Crippen LogP contribution in [0, 0.1) is 0 Å². The van der Waals surface area contributed by atoms with Crippen molar-refractivity contribution in [3.8, 4) is 11.5 Å². The van der Waals surface area contributed by atoms with Crippen molar-refractivity contribution in [2.75, 3.05) is 13.2 Å². The van der Waals surface area contributed by atoms with Crippen LogP contribution in [-0.2, 0) is 6.42 Å². The Bertz CT molecular complexity index is 531. The Balaban J connectivity index is 1.88. The molecule has 21 heavy (non-hydrogen) atoms. The van der Waals surface area contributed by atoms with Crippen LogP contribution >= 0.6 is 0 Å². The van der Waals surface area contributed by atoms with Crippen LogP contribution < -0.4 is 9.47 Å². The van der Waals surface area contributed by atoms with Gasteiger partial charge in [0, 0.05) is 0 Å². The summed E-state index contributed by atoms with van der Waals surface area (Å²) in [4.78, 5) is 0. The second kappa shape index (κ2) is 7.70. The van der Waals surface area contributed by atoms with Crippen LogP contribution in [0.15, 0.2) is 48.5 Å². The minimum absolute atomic E-state index is 0.236. The van der Waals surface area contributed by atoms with Crippen LogP contribution in [0.4, 0.5) is 0 Å². The topological polar surface area (TPSA) is 38.7 Å². The number of ether oxygens (including phenoxy) is 2. The average molecular weight is 286 g/mol. The summed E-state index contributed by atoms with van der Waals surface area (Å²) in [5, 5.41) is 10.1. The molecule has 0 spiro atoms. The van der Waals surface area contributed by atoms with Gasteiger partial charge in [0.1, 0.15) is 24.2 Å². The molecule has 2 aromatic carbocycles. The van der Waals surface area contributed by atoms with Gasteiger partial charge in [-0.05, 0) is 48.7 Å². The zero-order valence-corrected chi connectivity index (χ0v) is 12.6. The number of aliphatic hydroxyl groups excluding tert-OH is 1. The lowest BCUT2D eigenvalue weighted by atomic mass is 10.1. The summed E-state index contributed by atoms with van der Waals surface area (Å²) in [5.74, 6) is 1.54. The third-order valence-corrected chi connectivity index (χ3v) is 3.32. The van der Waals surface area contributed by atoms with Crippen molar-refractivity contribution in [3.63, 3.8) is 0 Å². The maximum atomic E-state index is 10.1. The fraction of sp³-hybridized carbons (Fsp3) is 0.333. The molecule has 0 aliphatic carbocycles. The molecule has 0 aromatic heterocycles. The third kappa shape index (κ3) is 4.50. The standard InChI is InChI=1S/C18H22O3/c1-3-14-5-7-15(8-6-14)18(19)13-21-17-11-9-16(10-12-17)20-4-2/h5-12,18-19H,3-4,13H2,1-2H3. The fourth-order valence-electron chi connectivity index (χ4n) is 2.05. The summed E-state index contributed by atoms with van der Waals surface area (Å²) in [7, 11) is 0. The fourth-order valence-corrected chi connectivity index (χ4v) is 2.05. The molecule has 0 fully saturated rings. The Hall–Kier alpha value is -2.00. The van der Waals surface area contributed by atoms with Gasteiger partial charge in [-0.1, -0.05) is 31.2 Å². The molecule has 0 aliphatic heterocycles. The van der Waals surface area contributed by atoms with Crippen LogP contribution in [0.3, 0.4) is 0 Å². The highest BCUT2D eigenvalue weighted by Crippen LogP contribution is 2.20. The Morgan fingerprint density at radius 2 is 1.43 bits per heavy atom. The molecule has 2 aromatic rings. The summed E-state index contributed by atoms with van der Waals surface area (Å²) >= 11 is 0. The van der Waals surface area contributed by atoms with Crippen molar-refractivity contribution in [2.24, 2.45) is 0 Å². The molecule has 0 saturated heterocycles. The summed E-state index contributed by atoms with van der Waals surface area (Å²) in [5.41, 5.74) is 2.14. The molecule has 112 valence electrons. The maximum absolute atomic E-state index is 10.1. The molecule has 1 N–H and O–H groups in total. The molecule has 0 bridgehead atoms. The van der Waals surface area contributed by atoms with Crippen LogP contribution in [0.5, 0.6) is 11.5 Å². The van der Waals surface area contributed by atoms with Crippen molar-refractivity contribution in [2.45, 2.75) is 26.4 Å². The molecule has 0 saturated carbocycles. The van der Waals surface area contributed by atoms with E-state index in [9.17, 15) is 5.11 Å². The van der Waals surface area contributed by atoms with Crippen molar-refractivity contribution in [1.29, 1.82) is 0 Å². The van der Waals surface area contributed by atoms with Crippen LogP contribution in [0.25, 0.3) is 0 Å². The van der Waals surface area contributed by atoms with E-state index in [1.807, 2.05) is 55.5 Å². The highest BCUT2D eigenvalue weighted by molar-refractivity contribution is 5.31. The van der Waals surface area contributed by atoms with Gasteiger partial charge in [0.15, 0.2) is 0 Å². The number of aryl methyl sites for hydroxylation is 1. The van der Waals surface area contributed by atoms with E-state index in [-0.39, 0.29) is 6.61 Å². The second-order valence-electron chi connectivity index (χ2n) is 4.83. The third-order valence-electron chi connectivity index (χ3n) is 3.32. The van der Waals surface area contributed by atoms with Crippen molar-refractivity contribution in [3.05, 3.63) is 59.7 Å². The minimum Gasteiger partial charge on any atom is -0.494 e. The lowest BCUT2D eigenvalue weighted by molar-refractivity contribution is 0.108. The first-order valence-corrected chi connectivity index (χ1v) is 7.35. The highest BCUT2D eigenvalue weighted by atomic mass is 16.5. The lowest BCUT2D eigenvalue weighted by Gasteiger charge is -2.13. The first-order valence-electron chi connectivity index (χ1n) is 7.35. The summed E-state index contributed by atoms with van der Waals surface area (Å²) in [6, 6.07) is 15.4. The molecule has 0 radical (unpaired) electrons. The van der Waals surface area contributed by atoms with Gasteiger partial charge in [0.05, 0.1) is 6.61 Å². The van der Waals surface area contributed by atoms with E-state index in [0.29, 0.717) is 6.61 Å². The smallest absolute Gasteiger partial charge is 0.119 e. The number of hydrogen-bond acceptors (Lipinski definition) is 3. The number of benzene rings is 2. The lowest BCUT2D eigenvalue weighted by Crippen LogP contribution is -2.09. The summed E-state index contributed by atoms with van der Waals surface area (Å²) in [6.45, 7) is 4.94. The van der Waals surface area contributed by atoms with E-state index in [1.165, 1.54) is 5.56 Å². The Labute approximate surface area is 126 Å². The Morgan fingerprint density at radius 1 is 0.857 bits per heavy atom. The second-order valence-corrected chi connectivity index (χ2v) is 4.83. The molecule has 2 rings (SSSR count). The largest absolute Gasteiger partial charge is 0.494 e. The van der Waals surface area contributed by atoms with Crippen molar-refractivity contribution >= 4 is 0 Å². The van der Waals surface area contributed by atoms with Crippen molar-refractivity contribution in [1.82, 2.24) is 0 Å². The van der Waals surface area contributed by atoms with E-state index in [2.05, 4.69) is 6.92 Å². The van der Waals surface area contributed by atoms with E-state index in [1.54, 1.807) is 0 Å². The summed E-state index contributed by atoms with van der Waals surface area (Å²) < 4.78 is 11.0. The molecular weight excluding hydrogens is 264 g/mol. The normalized spacial score (nSPS) is 12.0. The average Bonchev–Trinajstić information content (AvgIpc) is 2.54. The zero-order chi connectivity index (χ0) is 15.1. The predicted molar refractivity (Wildman–Crippen MR) is 83.9 cm³/mol. The minimum atomic E-state index is -0.623. The van der Waals surface area contributed by atoms with Gasteiger partial charge in [-0.3, -0.25) is 0 Å². The van der Waals surface area contributed by atoms with E-state index in [0.717, 1.165) is 23.5 Å². The summed E-state index contributed by atoms with van der Waals surface area (Å²) in [6.07, 6.45) is 0.376. The molecule has 3 heteroatoms. The predicted octanol–water partition coefficient (Wildman–Crippen LogP) is 3.76. The zero-order valence-electron chi connectivity index (χ0n) is 12.6. The quantitative estimate of drug-likeness (QED) is 0.842.